The summed E-state index contributed by atoms with van der Waals surface area (Å²) in [6.07, 6.45) is 3.62. The summed E-state index contributed by atoms with van der Waals surface area (Å²) >= 11 is 8.11. The quantitative estimate of drug-likeness (QED) is 0.769. The minimum Gasteiger partial charge on any atom is -0.267 e. The van der Waals surface area contributed by atoms with E-state index < -0.39 is 0 Å². The lowest BCUT2D eigenvalue weighted by molar-refractivity contribution is 0.619. The summed E-state index contributed by atoms with van der Waals surface area (Å²) in [7, 11) is 0. The van der Waals surface area contributed by atoms with E-state index in [4.69, 9.17) is 11.6 Å². The highest BCUT2D eigenvalue weighted by Crippen LogP contribution is 2.18. The zero-order valence-electron chi connectivity index (χ0n) is 7.62. The van der Waals surface area contributed by atoms with Crippen LogP contribution in [0.15, 0.2) is 30.6 Å². The standard InChI is InChI=1S/C10H7ClFIN2/c11-10-2-1-8(12)3-7(10)5-15-6-9(13)4-14-15/h1-4,6H,5H2. The first-order valence-electron chi connectivity index (χ1n) is 4.27. The number of benzene rings is 1. The van der Waals surface area contributed by atoms with Crippen molar-refractivity contribution in [1.82, 2.24) is 9.78 Å². The molecular weight excluding hydrogens is 329 g/mol. The second-order valence-corrected chi connectivity index (χ2v) is 4.74. The summed E-state index contributed by atoms with van der Waals surface area (Å²) < 4.78 is 15.7. The smallest absolute Gasteiger partial charge is 0.123 e. The molecule has 0 aliphatic rings. The molecule has 0 saturated heterocycles. The van der Waals surface area contributed by atoms with Gasteiger partial charge in [0, 0.05) is 11.2 Å². The zero-order chi connectivity index (χ0) is 10.8. The summed E-state index contributed by atoms with van der Waals surface area (Å²) in [4.78, 5) is 0. The van der Waals surface area contributed by atoms with Crippen LogP contribution in [0, 0.1) is 9.39 Å². The van der Waals surface area contributed by atoms with Crippen LogP contribution in [-0.2, 0) is 6.54 Å². The lowest BCUT2D eigenvalue weighted by atomic mass is 10.2. The van der Waals surface area contributed by atoms with Crippen molar-refractivity contribution in [3.8, 4) is 0 Å². The van der Waals surface area contributed by atoms with Crippen molar-refractivity contribution in [2.24, 2.45) is 0 Å². The number of nitrogens with zero attached hydrogens (tertiary/aromatic N) is 2. The average molecular weight is 337 g/mol. The van der Waals surface area contributed by atoms with E-state index in [1.807, 2.05) is 6.20 Å². The number of aromatic nitrogens is 2. The van der Waals surface area contributed by atoms with Crippen molar-refractivity contribution in [1.29, 1.82) is 0 Å². The zero-order valence-corrected chi connectivity index (χ0v) is 10.5. The Bertz CT molecular complexity index is 484. The highest BCUT2D eigenvalue weighted by Gasteiger charge is 2.03. The minimum absolute atomic E-state index is 0.281. The molecule has 0 radical (unpaired) electrons. The van der Waals surface area contributed by atoms with Crippen LogP contribution in [0.2, 0.25) is 5.02 Å². The van der Waals surface area contributed by atoms with Crippen molar-refractivity contribution in [3.63, 3.8) is 0 Å². The van der Waals surface area contributed by atoms with E-state index in [0.717, 1.165) is 9.13 Å². The summed E-state index contributed by atoms with van der Waals surface area (Å²) in [6, 6.07) is 4.33. The lowest BCUT2D eigenvalue weighted by Crippen LogP contribution is -2.00. The summed E-state index contributed by atoms with van der Waals surface area (Å²) in [5, 5.41) is 4.67. The Kier molecular flexibility index (Phi) is 3.25. The van der Waals surface area contributed by atoms with Crippen molar-refractivity contribution >= 4 is 34.2 Å². The molecule has 15 heavy (non-hydrogen) atoms. The maximum Gasteiger partial charge on any atom is 0.123 e. The number of hydrogen-bond acceptors (Lipinski definition) is 1. The van der Waals surface area contributed by atoms with Crippen LogP contribution >= 0.6 is 34.2 Å². The lowest BCUT2D eigenvalue weighted by Gasteiger charge is -2.04. The summed E-state index contributed by atoms with van der Waals surface area (Å²) in [5.41, 5.74) is 0.733. The van der Waals surface area contributed by atoms with E-state index in [-0.39, 0.29) is 5.82 Å². The average Bonchev–Trinajstić information content (AvgIpc) is 2.58. The van der Waals surface area contributed by atoms with Gasteiger partial charge in [-0.05, 0) is 46.4 Å². The van der Waals surface area contributed by atoms with Crippen LogP contribution in [0.1, 0.15) is 5.56 Å². The normalized spacial score (nSPS) is 10.6. The van der Waals surface area contributed by atoms with Crippen LogP contribution in [-0.4, -0.2) is 9.78 Å². The van der Waals surface area contributed by atoms with Crippen LogP contribution in [0.3, 0.4) is 0 Å². The molecule has 0 aliphatic carbocycles. The van der Waals surface area contributed by atoms with E-state index in [9.17, 15) is 4.39 Å². The van der Waals surface area contributed by atoms with E-state index >= 15 is 0 Å². The van der Waals surface area contributed by atoms with Gasteiger partial charge in [0.15, 0.2) is 0 Å². The van der Waals surface area contributed by atoms with Gasteiger partial charge >= 0.3 is 0 Å². The predicted molar refractivity (Wildman–Crippen MR) is 65.5 cm³/mol. The van der Waals surface area contributed by atoms with Crippen LogP contribution in [0.5, 0.6) is 0 Å². The highest BCUT2D eigenvalue weighted by atomic mass is 127. The molecule has 0 spiro atoms. The molecule has 0 bridgehead atoms. The molecule has 5 heteroatoms. The largest absolute Gasteiger partial charge is 0.267 e. The van der Waals surface area contributed by atoms with E-state index in [0.29, 0.717) is 11.6 Å². The molecule has 1 aromatic carbocycles. The van der Waals surface area contributed by atoms with Crippen molar-refractivity contribution in [2.75, 3.05) is 0 Å². The van der Waals surface area contributed by atoms with E-state index in [1.165, 1.54) is 12.1 Å². The van der Waals surface area contributed by atoms with Gasteiger partial charge in [0.2, 0.25) is 0 Å². The van der Waals surface area contributed by atoms with Gasteiger partial charge in [-0.3, -0.25) is 4.68 Å². The molecule has 0 unspecified atom stereocenters. The molecule has 0 atom stereocenters. The molecule has 0 saturated carbocycles. The molecule has 0 N–H and O–H groups in total. The fourth-order valence-electron chi connectivity index (χ4n) is 1.26. The van der Waals surface area contributed by atoms with Crippen LogP contribution < -0.4 is 0 Å². The molecule has 1 aromatic heterocycles. The Morgan fingerprint density at radius 1 is 1.47 bits per heavy atom. The van der Waals surface area contributed by atoms with Gasteiger partial charge < -0.3 is 0 Å². The van der Waals surface area contributed by atoms with Crippen molar-refractivity contribution in [2.45, 2.75) is 6.54 Å². The summed E-state index contributed by atoms with van der Waals surface area (Å²) in [6.45, 7) is 0.486. The second-order valence-electron chi connectivity index (χ2n) is 3.09. The number of halogens is 3. The van der Waals surface area contributed by atoms with E-state index in [2.05, 4.69) is 27.7 Å². The van der Waals surface area contributed by atoms with Gasteiger partial charge in [-0.2, -0.15) is 5.10 Å². The summed E-state index contributed by atoms with van der Waals surface area (Å²) in [5.74, 6) is -0.281. The van der Waals surface area contributed by atoms with Gasteiger partial charge in [0.25, 0.3) is 0 Å². The molecule has 0 aliphatic heterocycles. The van der Waals surface area contributed by atoms with Gasteiger partial charge in [-0.25, -0.2) is 4.39 Å². The maximum atomic E-state index is 13.0. The highest BCUT2D eigenvalue weighted by molar-refractivity contribution is 14.1. The Morgan fingerprint density at radius 3 is 2.93 bits per heavy atom. The van der Waals surface area contributed by atoms with Crippen molar-refractivity contribution in [3.05, 3.63) is 50.6 Å². The van der Waals surface area contributed by atoms with Gasteiger partial charge in [0.1, 0.15) is 5.82 Å². The molecule has 78 valence electrons. The number of rotatable bonds is 2. The Hall–Kier alpha value is -0.620. The second kappa shape index (κ2) is 4.49. The SMILES string of the molecule is Fc1ccc(Cl)c(Cn2cc(I)cn2)c1. The monoisotopic (exact) mass is 336 g/mol. The predicted octanol–water partition coefficient (Wildman–Crippen LogP) is 3.33. The first kappa shape index (κ1) is 10.9. The van der Waals surface area contributed by atoms with Crippen LogP contribution in [0.25, 0.3) is 0 Å². The molecular formula is C10H7ClFIN2. The van der Waals surface area contributed by atoms with Gasteiger partial charge in [0.05, 0.1) is 16.3 Å². The first-order valence-corrected chi connectivity index (χ1v) is 5.73. The molecule has 1 heterocycles. The Labute approximate surface area is 105 Å². The minimum atomic E-state index is -0.281. The topological polar surface area (TPSA) is 17.8 Å². The molecule has 2 aromatic rings. The molecule has 0 amide bonds. The Balaban J connectivity index is 2.27. The van der Waals surface area contributed by atoms with Crippen molar-refractivity contribution < 1.29 is 4.39 Å². The Morgan fingerprint density at radius 2 is 2.27 bits per heavy atom. The third kappa shape index (κ3) is 2.69. The molecule has 0 fully saturated rings. The number of hydrogen-bond donors (Lipinski definition) is 0. The third-order valence-electron chi connectivity index (χ3n) is 1.94. The molecule has 2 nitrogen and oxygen atoms in total. The van der Waals surface area contributed by atoms with E-state index in [1.54, 1.807) is 16.9 Å². The molecule has 2 rings (SSSR count). The van der Waals surface area contributed by atoms with Crippen LogP contribution in [0.4, 0.5) is 4.39 Å². The fraction of sp³-hybridized carbons (Fsp3) is 0.100. The fourth-order valence-corrected chi connectivity index (χ4v) is 1.89. The van der Waals surface area contributed by atoms with Gasteiger partial charge in [-0.1, -0.05) is 11.6 Å². The maximum absolute atomic E-state index is 13.0. The third-order valence-corrected chi connectivity index (χ3v) is 2.87. The first-order chi connectivity index (χ1) is 7.15. The van der Waals surface area contributed by atoms with Gasteiger partial charge in [-0.15, -0.1) is 0 Å².